The number of rotatable bonds is 7. The maximum absolute atomic E-state index is 5.50. The number of aromatic nitrogens is 2. The van der Waals surface area contributed by atoms with Gasteiger partial charge in [-0.3, -0.25) is 0 Å². The van der Waals surface area contributed by atoms with Crippen molar-refractivity contribution in [2.24, 2.45) is 5.73 Å². The van der Waals surface area contributed by atoms with Crippen molar-refractivity contribution in [3.05, 3.63) is 30.0 Å². The Balaban J connectivity index is 2.39. The summed E-state index contributed by atoms with van der Waals surface area (Å²) in [4.78, 5) is 8.96. The summed E-state index contributed by atoms with van der Waals surface area (Å²) in [5.74, 6) is 2.09. The van der Waals surface area contributed by atoms with Crippen molar-refractivity contribution >= 4 is 5.95 Å². The average Bonchev–Trinajstić information content (AvgIpc) is 2.54. The minimum absolute atomic E-state index is 0.591. The number of nitrogens with zero attached hydrogens (tertiary/aromatic N) is 2. The first-order chi connectivity index (χ1) is 10.7. The highest BCUT2D eigenvalue weighted by molar-refractivity contribution is 5.70. The highest BCUT2D eigenvalue weighted by Gasteiger charge is 2.11. The van der Waals surface area contributed by atoms with Crippen molar-refractivity contribution in [1.82, 2.24) is 9.97 Å². The molecule has 0 atom stereocenters. The van der Waals surface area contributed by atoms with E-state index in [2.05, 4.69) is 15.3 Å². The van der Waals surface area contributed by atoms with Gasteiger partial charge in [0.05, 0.1) is 19.9 Å². The van der Waals surface area contributed by atoms with Gasteiger partial charge in [-0.15, -0.1) is 0 Å². The van der Waals surface area contributed by atoms with E-state index in [9.17, 15) is 0 Å². The summed E-state index contributed by atoms with van der Waals surface area (Å²) in [6.45, 7) is 3.32. The largest absolute Gasteiger partial charge is 0.497 e. The van der Waals surface area contributed by atoms with Crippen molar-refractivity contribution in [2.45, 2.75) is 13.3 Å². The Hall–Kier alpha value is -2.34. The van der Waals surface area contributed by atoms with E-state index in [0.29, 0.717) is 12.5 Å². The monoisotopic (exact) mass is 302 g/mol. The molecule has 2 aromatic rings. The maximum Gasteiger partial charge on any atom is 0.223 e. The number of hydrogen-bond acceptors (Lipinski definition) is 6. The predicted octanol–water partition coefficient (Wildman–Crippen LogP) is 2.23. The summed E-state index contributed by atoms with van der Waals surface area (Å²) in [6, 6.07) is 7.56. The van der Waals surface area contributed by atoms with Gasteiger partial charge in [0.15, 0.2) is 0 Å². The average molecular weight is 302 g/mol. The van der Waals surface area contributed by atoms with Gasteiger partial charge in [0, 0.05) is 17.8 Å². The molecule has 2 rings (SSSR count). The van der Waals surface area contributed by atoms with Crippen LogP contribution in [0.2, 0.25) is 0 Å². The molecule has 118 valence electrons. The molecule has 0 aliphatic heterocycles. The molecule has 6 nitrogen and oxygen atoms in total. The lowest BCUT2D eigenvalue weighted by Crippen LogP contribution is -2.11. The van der Waals surface area contributed by atoms with Crippen LogP contribution in [-0.2, 0) is 0 Å². The second-order valence-corrected chi connectivity index (χ2v) is 4.85. The fourth-order valence-electron chi connectivity index (χ4n) is 2.10. The first-order valence-electron chi connectivity index (χ1n) is 7.20. The first-order valence-corrected chi connectivity index (χ1v) is 7.20. The number of anilines is 1. The Morgan fingerprint density at radius 1 is 1.14 bits per heavy atom. The molecule has 6 heteroatoms. The van der Waals surface area contributed by atoms with Gasteiger partial charge in [-0.05, 0) is 44.2 Å². The van der Waals surface area contributed by atoms with Crippen LogP contribution in [0.4, 0.5) is 5.95 Å². The molecule has 0 fully saturated rings. The van der Waals surface area contributed by atoms with E-state index in [1.165, 1.54) is 0 Å². The maximum atomic E-state index is 5.50. The number of nitrogens with two attached hydrogens (primary N) is 1. The van der Waals surface area contributed by atoms with E-state index in [4.69, 9.17) is 15.2 Å². The van der Waals surface area contributed by atoms with Crippen LogP contribution in [0, 0.1) is 6.92 Å². The molecule has 0 saturated carbocycles. The number of ether oxygens (including phenoxy) is 2. The van der Waals surface area contributed by atoms with Gasteiger partial charge in [-0.2, -0.15) is 0 Å². The summed E-state index contributed by atoms with van der Waals surface area (Å²) in [7, 11) is 3.27. The summed E-state index contributed by atoms with van der Waals surface area (Å²) >= 11 is 0. The molecule has 1 heterocycles. The molecule has 0 saturated heterocycles. The third kappa shape index (κ3) is 3.85. The zero-order chi connectivity index (χ0) is 15.9. The van der Waals surface area contributed by atoms with E-state index in [1.807, 2.05) is 31.2 Å². The van der Waals surface area contributed by atoms with Crippen LogP contribution in [0.15, 0.2) is 24.3 Å². The molecule has 0 amide bonds. The van der Waals surface area contributed by atoms with Gasteiger partial charge >= 0.3 is 0 Å². The van der Waals surface area contributed by atoms with E-state index >= 15 is 0 Å². The van der Waals surface area contributed by atoms with Gasteiger partial charge in [-0.25, -0.2) is 9.97 Å². The molecule has 0 aliphatic carbocycles. The number of benzene rings is 1. The quantitative estimate of drug-likeness (QED) is 0.763. The molecule has 0 aliphatic rings. The van der Waals surface area contributed by atoms with Crippen LogP contribution in [0.1, 0.15) is 12.1 Å². The molecule has 3 N–H and O–H groups in total. The second-order valence-electron chi connectivity index (χ2n) is 4.85. The van der Waals surface area contributed by atoms with Crippen molar-refractivity contribution in [2.75, 3.05) is 32.6 Å². The Labute approximate surface area is 130 Å². The molecule has 0 bridgehead atoms. The standard InChI is InChI=1S/C16H22N4O2/c1-11-9-14(20-16(19-11)18-8-4-7-17)13-10-12(21-2)5-6-15(13)22-3/h5-6,9-10H,4,7-8,17H2,1-3H3,(H,18,19,20). The first kappa shape index (κ1) is 16.0. The summed E-state index contributed by atoms with van der Waals surface area (Å²) in [5.41, 5.74) is 8.04. The topological polar surface area (TPSA) is 82.3 Å². The van der Waals surface area contributed by atoms with Crippen LogP contribution >= 0.6 is 0 Å². The zero-order valence-electron chi connectivity index (χ0n) is 13.2. The summed E-state index contributed by atoms with van der Waals surface area (Å²) in [6.07, 6.45) is 0.870. The molecular formula is C16H22N4O2. The lowest BCUT2D eigenvalue weighted by atomic mass is 10.1. The third-order valence-corrected chi connectivity index (χ3v) is 3.20. The fourth-order valence-corrected chi connectivity index (χ4v) is 2.10. The minimum Gasteiger partial charge on any atom is -0.497 e. The third-order valence-electron chi connectivity index (χ3n) is 3.20. The predicted molar refractivity (Wildman–Crippen MR) is 87.5 cm³/mol. The Morgan fingerprint density at radius 3 is 2.64 bits per heavy atom. The normalized spacial score (nSPS) is 10.4. The van der Waals surface area contributed by atoms with Gasteiger partial charge in [-0.1, -0.05) is 0 Å². The van der Waals surface area contributed by atoms with E-state index in [0.717, 1.165) is 41.4 Å². The molecular weight excluding hydrogens is 280 g/mol. The Kier molecular flexibility index (Phi) is 5.55. The SMILES string of the molecule is COc1ccc(OC)c(-c2cc(C)nc(NCCCN)n2)c1. The lowest BCUT2D eigenvalue weighted by Gasteiger charge is -2.12. The van der Waals surface area contributed by atoms with Crippen LogP contribution in [0.5, 0.6) is 11.5 Å². The van der Waals surface area contributed by atoms with Crippen LogP contribution < -0.4 is 20.5 Å². The van der Waals surface area contributed by atoms with Crippen molar-refractivity contribution in [3.8, 4) is 22.8 Å². The van der Waals surface area contributed by atoms with Crippen molar-refractivity contribution in [3.63, 3.8) is 0 Å². The van der Waals surface area contributed by atoms with E-state index < -0.39 is 0 Å². The summed E-state index contributed by atoms with van der Waals surface area (Å²) in [5, 5.41) is 3.19. The van der Waals surface area contributed by atoms with Crippen molar-refractivity contribution in [1.29, 1.82) is 0 Å². The Morgan fingerprint density at radius 2 is 1.95 bits per heavy atom. The van der Waals surface area contributed by atoms with Gasteiger partial charge < -0.3 is 20.5 Å². The smallest absolute Gasteiger partial charge is 0.223 e. The molecule has 0 radical (unpaired) electrons. The zero-order valence-corrected chi connectivity index (χ0v) is 13.2. The van der Waals surface area contributed by atoms with Gasteiger partial charge in [0.1, 0.15) is 11.5 Å². The van der Waals surface area contributed by atoms with Crippen molar-refractivity contribution < 1.29 is 9.47 Å². The van der Waals surface area contributed by atoms with E-state index in [1.54, 1.807) is 14.2 Å². The second kappa shape index (κ2) is 7.61. The van der Waals surface area contributed by atoms with E-state index in [-0.39, 0.29) is 0 Å². The van der Waals surface area contributed by atoms with Crippen LogP contribution in [0.25, 0.3) is 11.3 Å². The number of methoxy groups -OCH3 is 2. The number of aryl methyl sites for hydroxylation is 1. The molecule has 22 heavy (non-hydrogen) atoms. The summed E-state index contributed by atoms with van der Waals surface area (Å²) < 4.78 is 10.7. The van der Waals surface area contributed by atoms with Gasteiger partial charge in [0.2, 0.25) is 5.95 Å². The molecule has 1 aromatic carbocycles. The lowest BCUT2D eigenvalue weighted by molar-refractivity contribution is 0.404. The highest BCUT2D eigenvalue weighted by atomic mass is 16.5. The van der Waals surface area contributed by atoms with Gasteiger partial charge in [0.25, 0.3) is 0 Å². The molecule has 1 aromatic heterocycles. The molecule has 0 unspecified atom stereocenters. The minimum atomic E-state index is 0.591. The van der Waals surface area contributed by atoms with Crippen LogP contribution in [-0.4, -0.2) is 37.3 Å². The Bertz CT molecular complexity index is 632. The number of nitrogens with one attached hydrogen (secondary N) is 1. The number of hydrogen-bond donors (Lipinski definition) is 2. The fraction of sp³-hybridized carbons (Fsp3) is 0.375. The molecule has 0 spiro atoms. The highest BCUT2D eigenvalue weighted by Crippen LogP contribution is 2.32. The van der Waals surface area contributed by atoms with Crippen LogP contribution in [0.3, 0.4) is 0 Å².